The van der Waals surface area contributed by atoms with E-state index in [1.165, 1.54) is 12.8 Å². The molecule has 3 atom stereocenters. The van der Waals surface area contributed by atoms with E-state index in [0.717, 1.165) is 25.8 Å². The Labute approximate surface area is 117 Å². The molecule has 1 aliphatic carbocycles. The van der Waals surface area contributed by atoms with Gasteiger partial charge in [0.15, 0.2) is 0 Å². The van der Waals surface area contributed by atoms with Gasteiger partial charge in [0, 0.05) is 5.54 Å². The summed E-state index contributed by atoms with van der Waals surface area (Å²) in [5.41, 5.74) is 5.39. The highest BCUT2D eigenvalue weighted by atomic mass is 16.6. The van der Waals surface area contributed by atoms with Crippen LogP contribution in [0.15, 0.2) is 0 Å². The van der Waals surface area contributed by atoms with Crippen LogP contribution in [0.3, 0.4) is 0 Å². The van der Waals surface area contributed by atoms with Crippen molar-refractivity contribution in [3.8, 4) is 0 Å². The summed E-state index contributed by atoms with van der Waals surface area (Å²) < 4.78 is 5.51. The smallest absolute Gasteiger partial charge is 0.407 e. The Hall–Kier alpha value is -0.770. The summed E-state index contributed by atoms with van der Waals surface area (Å²) >= 11 is 0. The zero-order valence-corrected chi connectivity index (χ0v) is 12.9. The summed E-state index contributed by atoms with van der Waals surface area (Å²) in [6.45, 7) is 8.64. The van der Waals surface area contributed by atoms with Gasteiger partial charge in [-0.3, -0.25) is 0 Å². The predicted molar refractivity (Wildman–Crippen MR) is 78.0 cm³/mol. The van der Waals surface area contributed by atoms with Gasteiger partial charge in [-0.15, -0.1) is 0 Å². The van der Waals surface area contributed by atoms with E-state index in [1.807, 2.05) is 27.7 Å². The van der Waals surface area contributed by atoms with Crippen molar-refractivity contribution < 1.29 is 9.53 Å². The first-order chi connectivity index (χ1) is 8.81. The molecule has 0 bridgehead atoms. The fraction of sp³-hybridized carbons (Fsp3) is 0.933. The van der Waals surface area contributed by atoms with Crippen LogP contribution in [0.25, 0.3) is 0 Å². The summed E-state index contributed by atoms with van der Waals surface area (Å²) in [7, 11) is 0. The molecule has 1 fully saturated rings. The molecule has 4 heteroatoms. The third-order valence-corrected chi connectivity index (χ3v) is 3.83. The Morgan fingerprint density at radius 3 is 2.68 bits per heavy atom. The number of nitrogens with one attached hydrogen (secondary N) is 1. The molecule has 19 heavy (non-hydrogen) atoms. The van der Waals surface area contributed by atoms with Crippen LogP contribution in [0.5, 0.6) is 0 Å². The molecule has 1 amide bonds. The van der Waals surface area contributed by atoms with Gasteiger partial charge in [0.1, 0.15) is 6.10 Å². The molecule has 0 aromatic rings. The van der Waals surface area contributed by atoms with Crippen molar-refractivity contribution in [2.75, 3.05) is 6.54 Å². The first kappa shape index (κ1) is 16.3. The largest absolute Gasteiger partial charge is 0.446 e. The summed E-state index contributed by atoms with van der Waals surface area (Å²) in [5.74, 6) is 1.19. The van der Waals surface area contributed by atoms with Gasteiger partial charge in [-0.1, -0.05) is 12.8 Å². The summed E-state index contributed by atoms with van der Waals surface area (Å²) in [6.07, 6.45) is 5.58. The number of rotatable bonds is 4. The second kappa shape index (κ2) is 7.13. The van der Waals surface area contributed by atoms with Crippen LogP contribution in [0, 0.1) is 11.8 Å². The van der Waals surface area contributed by atoms with Crippen LogP contribution in [0.4, 0.5) is 4.79 Å². The second-order valence-corrected chi connectivity index (χ2v) is 6.86. The van der Waals surface area contributed by atoms with Crippen LogP contribution >= 0.6 is 0 Å². The molecule has 0 saturated heterocycles. The van der Waals surface area contributed by atoms with Gasteiger partial charge in [-0.25, -0.2) is 4.79 Å². The van der Waals surface area contributed by atoms with Crippen molar-refractivity contribution in [1.82, 2.24) is 5.32 Å². The number of alkyl carbamates (subject to hydrolysis) is 1. The molecule has 0 heterocycles. The predicted octanol–water partition coefficient (Wildman–Crippen LogP) is 3.05. The van der Waals surface area contributed by atoms with E-state index in [9.17, 15) is 4.79 Å². The molecule has 112 valence electrons. The molecule has 3 N–H and O–H groups in total. The third-order valence-electron chi connectivity index (χ3n) is 3.83. The molecule has 1 rings (SSSR count). The van der Waals surface area contributed by atoms with E-state index in [0.29, 0.717) is 11.8 Å². The summed E-state index contributed by atoms with van der Waals surface area (Å²) in [4.78, 5) is 11.8. The van der Waals surface area contributed by atoms with E-state index in [2.05, 4.69) is 5.32 Å². The molecular weight excluding hydrogens is 240 g/mol. The summed E-state index contributed by atoms with van der Waals surface area (Å²) in [6, 6.07) is 0. The van der Waals surface area contributed by atoms with Gasteiger partial charge in [0.05, 0.1) is 0 Å². The molecule has 0 aromatic carbocycles. The first-order valence-corrected chi connectivity index (χ1v) is 7.50. The van der Waals surface area contributed by atoms with E-state index in [4.69, 9.17) is 10.5 Å². The van der Waals surface area contributed by atoms with E-state index < -0.39 is 0 Å². The second-order valence-electron chi connectivity index (χ2n) is 6.86. The average Bonchev–Trinajstić information content (AvgIpc) is 2.27. The first-order valence-electron chi connectivity index (χ1n) is 7.50. The minimum absolute atomic E-state index is 0.0112. The molecule has 1 saturated carbocycles. The number of carbonyl (C=O) groups excluding carboxylic acids is 1. The van der Waals surface area contributed by atoms with Gasteiger partial charge < -0.3 is 15.8 Å². The van der Waals surface area contributed by atoms with Crippen LogP contribution in [0.2, 0.25) is 0 Å². The van der Waals surface area contributed by atoms with Gasteiger partial charge >= 0.3 is 6.09 Å². The van der Waals surface area contributed by atoms with Gasteiger partial charge in [0.25, 0.3) is 0 Å². The third kappa shape index (κ3) is 6.28. The Morgan fingerprint density at radius 1 is 1.42 bits per heavy atom. The quantitative estimate of drug-likeness (QED) is 0.825. The minimum Gasteiger partial charge on any atom is -0.446 e. The van der Waals surface area contributed by atoms with Crippen LogP contribution in [-0.2, 0) is 4.74 Å². The summed E-state index contributed by atoms with van der Waals surface area (Å²) in [5, 5.41) is 2.84. The Morgan fingerprint density at radius 2 is 2.11 bits per heavy atom. The van der Waals surface area contributed by atoms with Crippen molar-refractivity contribution in [2.45, 2.75) is 71.4 Å². The van der Waals surface area contributed by atoms with Crippen LogP contribution in [0.1, 0.15) is 59.8 Å². The van der Waals surface area contributed by atoms with E-state index >= 15 is 0 Å². The monoisotopic (exact) mass is 270 g/mol. The zero-order valence-electron chi connectivity index (χ0n) is 12.9. The van der Waals surface area contributed by atoms with Crippen LogP contribution < -0.4 is 11.1 Å². The lowest BCUT2D eigenvalue weighted by molar-refractivity contribution is 0.0453. The van der Waals surface area contributed by atoms with Crippen molar-refractivity contribution in [3.63, 3.8) is 0 Å². The van der Waals surface area contributed by atoms with Crippen molar-refractivity contribution in [3.05, 3.63) is 0 Å². The molecule has 2 unspecified atom stereocenters. The Kier molecular flexibility index (Phi) is 6.11. The lowest BCUT2D eigenvalue weighted by Crippen LogP contribution is -2.43. The highest BCUT2D eigenvalue weighted by Crippen LogP contribution is 2.33. The van der Waals surface area contributed by atoms with Crippen LogP contribution in [-0.4, -0.2) is 24.3 Å². The number of hydrogen-bond donors (Lipinski definition) is 2. The standard InChI is InChI=1S/C15H30N2O2/c1-11(19-14(18)17-15(2,3)4)13-7-5-6-12(10-13)8-9-16/h11-13H,5-10,16H2,1-4H3,(H,17,18)/t11?,12-,13?/m1/s1. The average molecular weight is 270 g/mol. The highest BCUT2D eigenvalue weighted by molar-refractivity contribution is 5.68. The highest BCUT2D eigenvalue weighted by Gasteiger charge is 2.28. The topological polar surface area (TPSA) is 64.3 Å². The molecular formula is C15H30N2O2. The van der Waals surface area contributed by atoms with Gasteiger partial charge in [-0.05, 0) is 65.3 Å². The maximum atomic E-state index is 11.8. The van der Waals surface area contributed by atoms with Gasteiger partial charge in [-0.2, -0.15) is 0 Å². The number of carbonyl (C=O) groups is 1. The molecule has 4 nitrogen and oxygen atoms in total. The number of ether oxygens (including phenoxy) is 1. The molecule has 0 aromatic heterocycles. The minimum atomic E-state index is -0.305. The SMILES string of the molecule is CC(OC(=O)NC(C)(C)C)C1CCC[C@H](CCN)C1. The Balaban J connectivity index is 2.40. The molecule has 1 aliphatic rings. The lowest BCUT2D eigenvalue weighted by Gasteiger charge is -2.33. The van der Waals surface area contributed by atoms with E-state index in [1.54, 1.807) is 0 Å². The zero-order chi connectivity index (χ0) is 14.5. The van der Waals surface area contributed by atoms with Crippen molar-refractivity contribution in [1.29, 1.82) is 0 Å². The van der Waals surface area contributed by atoms with E-state index in [-0.39, 0.29) is 17.7 Å². The van der Waals surface area contributed by atoms with Crippen molar-refractivity contribution in [2.24, 2.45) is 17.6 Å². The fourth-order valence-corrected chi connectivity index (χ4v) is 2.86. The number of nitrogens with two attached hydrogens (primary N) is 1. The molecule has 0 aliphatic heterocycles. The maximum Gasteiger partial charge on any atom is 0.407 e. The lowest BCUT2D eigenvalue weighted by atomic mass is 9.78. The molecule has 0 radical (unpaired) electrons. The maximum absolute atomic E-state index is 11.8. The van der Waals surface area contributed by atoms with Gasteiger partial charge in [0.2, 0.25) is 0 Å². The normalized spacial score (nSPS) is 25.7. The number of amides is 1. The van der Waals surface area contributed by atoms with Crippen molar-refractivity contribution >= 4 is 6.09 Å². The molecule has 0 spiro atoms. The Bertz CT molecular complexity index is 284. The fourth-order valence-electron chi connectivity index (χ4n) is 2.86. The number of hydrogen-bond acceptors (Lipinski definition) is 3.